The van der Waals surface area contributed by atoms with Gasteiger partial charge in [0.05, 0.1) is 5.39 Å². The summed E-state index contributed by atoms with van der Waals surface area (Å²) in [6.07, 6.45) is 0. The van der Waals surface area contributed by atoms with Gasteiger partial charge in [0, 0.05) is 16.2 Å². The lowest BCUT2D eigenvalue weighted by molar-refractivity contribution is 0.456. The highest BCUT2D eigenvalue weighted by molar-refractivity contribution is 6.23. The third-order valence-corrected chi connectivity index (χ3v) is 6.33. The zero-order valence-corrected chi connectivity index (χ0v) is 17.4. The van der Waals surface area contributed by atoms with E-state index in [2.05, 4.69) is 48.5 Å². The van der Waals surface area contributed by atoms with Crippen molar-refractivity contribution >= 4 is 62.3 Å². The van der Waals surface area contributed by atoms with Crippen molar-refractivity contribution < 1.29 is 18.5 Å². The summed E-state index contributed by atoms with van der Waals surface area (Å²) in [7, 11) is 0.695. The van der Waals surface area contributed by atoms with Crippen molar-refractivity contribution in [3.63, 3.8) is 0 Å². The maximum atomic E-state index is 9.21. The lowest BCUT2D eigenvalue weighted by Crippen LogP contribution is -1.99. The summed E-state index contributed by atoms with van der Waals surface area (Å²) < 4.78 is 17.6. The molecule has 0 atom stereocenters. The van der Waals surface area contributed by atoms with Gasteiger partial charge in [-0.15, -0.1) is 0 Å². The molecule has 33 heavy (non-hydrogen) atoms. The van der Waals surface area contributed by atoms with Crippen LogP contribution in [0, 0.1) is 0 Å². The van der Waals surface area contributed by atoms with Crippen molar-refractivity contribution in [3.05, 3.63) is 91.0 Å². The fourth-order valence-corrected chi connectivity index (χ4v) is 4.94. The Labute approximate surface area is 188 Å². The smallest absolute Gasteiger partial charge is 0.537 e. The fraction of sp³-hybridized carbons (Fsp3) is 0. The molecular formula is C28H16BO4. The normalized spacial score (nSPS) is 11.8. The Morgan fingerprint density at radius 2 is 1.36 bits per heavy atom. The van der Waals surface area contributed by atoms with Crippen LogP contribution in [0.1, 0.15) is 0 Å². The van der Waals surface area contributed by atoms with Crippen LogP contribution in [0.25, 0.3) is 65.8 Å². The molecule has 0 fully saturated rings. The minimum Gasteiger partial charge on any atom is -0.537 e. The summed E-state index contributed by atoms with van der Waals surface area (Å²) in [5.74, 6) is 0.545. The molecule has 7 rings (SSSR count). The quantitative estimate of drug-likeness (QED) is 0.303. The Morgan fingerprint density at radius 1 is 0.606 bits per heavy atom. The minimum atomic E-state index is 0.545. The first-order chi connectivity index (χ1) is 16.3. The van der Waals surface area contributed by atoms with Crippen LogP contribution >= 0.6 is 0 Å². The summed E-state index contributed by atoms with van der Waals surface area (Å²) in [6, 6.07) is 30.4. The van der Waals surface area contributed by atoms with Crippen molar-refractivity contribution in [2.24, 2.45) is 0 Å². The van der Waals surface area contributed by atoms with E-state index in [-0.39, 0.29) is 0 Å². The molecule has 0 saturated heterocycles. The van der Waals surface area contributed by atoms with Crippen LogP contribution in [0.5, 0.6) is 5.75 Å². The first kappa shape index (κ1) is 18.4. The van der Waals surface area contributed by atoms with Gasteiger partial charge in [-0.25, -0.2) is 0 Å². The van der Waals surface area contributed by atoms with Gasteiger partial charge in [0.25, 0.3) is 0 Å². The molecule has 5 aromatic carbocycles. The Morgan fingerprint density at radius 3 is 2.27 bits per heavy atom. The molecule has 0 spiro atoms. The highest BCUT2D eigenvalue weighted by atomic mass is 16.5. The predicted octanol–water partition coefficient (Wildman–Crippen LogP) is 7.21. The van der Waals surface area contributed by atoms with Gasteiger partial charge >= 0.3 is 7.69 Å². The second-order valence-corrected chi connectivity index (χ2v) is 8.11. The monoisotopic (exact) mass is 427 g/mol. The van der Waals surface area contributed by atoms with E-state index in [4.69, 9.17) is 13.5 Å². The predicted molar refractivity (Wildman–Crippen MR) is 133 cm³/mol. The first-order valence-electron chi connectivity index (χ1n) is 10.7. The molecular weight excluding hydrogens is 411 g/mol. The molecule has 4 nitrogen and oxygen atoms in total. The zero-order valence-electron chi connectivity index (χ0n) is 17.4. The number of hydrogen-bond donors (Lipinski definition) is 1. The highest BCUT2D eigenvalue weighted by Gasteiger charge is 2.17. The Kier molecular flexibility index (Phi) is 3.83. The summed E-state index contributed by atoms with van der Waals surface area (Å²) in [6.45, 7) is 0. The number of fused-ring (bicyclic) bond motifs is 8. The number of hydrogen-bond acceptors (Lipinski definition) is 4. The third kappa shape index (κ3) is 2.63. The van der Waals surface area contributed by atoms with Crippen molar-refractivity contribution in [3.8, 4) is 16.9 Å². The molecule has 5 heteroatoms. The standard InChI is InChI=1S/C28H16BO4/c30-29-33-25-10-4-9-22-26(25)20-15-17(12-13-21(20)31-22)19-7-3-8-23-28(19)27-18-6-2-1-5-16(18)11-14-24(27)32-23/h1-15,30H. The van der Waals surface area contributed by atoms with Crippen molar-refractivity contribution in [1.29, 1.82) is 0 Å². The summed E-state index contributed by atoms with van der Waals surface area (Å²) in [4.78, 5) is 0. The lowest BCUT2D eigenvalue weighted by Gasteiger charge is -2.06. The largest absolute Gasteiger partial charge is 0.569 e. The summed E-state index contributed by atoms with van der Waals surface area (Å²) in [5, 5.41) is 15.5. The molecule has 7 aromatic rings. The van der Waals surface area contributed by atoms with Crippen LogP contribution in [-0.2, 0) is 0 Å². The summed E-state index contributed by atoms with van der Waals surface area (Å²) in [5.41, 5.74) is 5.34. The number of rotatable bonds is 3. The lowest BCUT2D eigenvalue weighted by atomic mass is 9.96. The van der Waals surface area contributed by atoms with Crippen LogP contribution in [0.2, 0.25) is 0 Å². The van der Waals surface area contributed by atoms with Gasteiger partial charge < -0.3 is 18.5 Å². The zero-order chi connectivity index (χ0) is 21.9. The number of benzene rings is 5. The first-order valence-corrected chi connectivity index (χ1v) is 10.7. The van der Waals surface area contributed by atoms with Gasteiger partial charge in [0.1, 0.15) is 28.1 Å². The van der Waals surface area contributed by atoms with E-state index in [1.54, 1.807) is 0 Å². The van der Waals surface area contributed by atoms with Gasteiger partial charge in [-0.3, -0.25) is 0 Å². The van der Waals surface area contributed by atoms with Gasteiger partial charge in [0.2, 0.25) is 0 Å². The maximum absolute atomic E-state index is 9.21. The molecule has 1 radical (unpaired) electrons. The van der Waals surface area contributed by atoms with Crippen molar-refractivity contribution in [1.82, 2.24) is 0 Å². The molecule has 0 aliphatic carbocycles. The molecule has 0 unspecified atom stereocenters. The summed E-state index contributed by atoms with van der Waals surface area (Å²) >= 11 is 0. The van der Waals surface area contributed by atoms with Crippen LogP contribution in [0.3, 0.4) is 0 Å². The average Bonchev–Trinajstić information content (AvgIpc) is 3.42. The molecule has 0 aliphatic heterocycles. The van der Waals surface area contributed by atoms with Gasteiger partial charge in [-0.05, 0) is 58.3 Å². The van der Waals surface area contributed by atoms with Gasteiger partial charge in [-0.2, -0.15) is 0 Å². The SMILES string of the molecule is O[B]Oc1cccc2oc3ccc(-c4cccc5oc6ccc7ccccc7c6c45)cc3c12. The molecule has 0 amide bonds. The Balaban J connectivity index is 1.57. The van der Waals surface area contributed by atoms with Crippen LogP contribution in [-0.4, -0.2) is 12.7 Å². The molecule has 155 valence electrons. The second kappa shape index (κ2) is 6.89. The molecule has 0 saturated carbocycles. The Bertz CT molecular complexity index is 1840. The number of furan rings is 2. The topological polar surface area (TPSA) is 55.7 Å². The van der Waals surface area contributed by atoms with Crippen LogP contribution in [0.15, 0.2) is 99.8 Å². The van der Waals surface area contributed by atoms with E-state index in [1.807, 2.05) is 42.5 Å². The van der Waals surface area contributed by atoms with Crippen molar-refractivity contribution in [2.75, 3.05) is 0 Å². The second-order valence-electron chi connectivity index (χ2n) is 8.11. The maximum Gasteiger partial charge on any atom is 0.569 e. The van der Waals surface area contributed by atoms with Crippen LogP contribution < -0.4 is 4.65 Å². The molecule has 0 aliphatic rings. The van der Waals surface area contributed by atoms with E-state index < -0.39 is 0 Å². The van der Waals surface area contributed by atoms with E-state index >= 15 is 0 Å². The highest BCUT2D eigenvalue weighted by Crippen LogP contribution is 2.42. The van der Waals surface area contributed by atoms with Gasteiger partial charge in [0.15, 0.2) is 0 Å². The van der Waals surface area contributed by atoms with E-state index in [0.29, 0.717) is 19.0 Å². The molecule has 1 N–H and O–H groups in total. The minimum absolute atomic E-state index is 0.545. The molecule has 2 heterocycles. The van der Waals surface area contributed by atoms with E-state index in [0.717, 1.165) is 49.4 Å². The molecule has 2 aromatic heterocycles. The fourth-order valence-electron chi connectivity index (χ4n) is 4.94. The van der Waals surface area contributed by atoms with E-state index in [9.17, 15) is 5.02 Å². The van der Waals surface area contributed by atoms with E-state index in [1.165, 1.54) is 10.8 Å². The van der Waals surface area contributed by atoms with Gasteiger partial charge in [-0.1, -0.05) is 54.6 Å². The third-order valence-electron chi connectivity index (χ3n) is 6.33. The molecule has 0 bridgehead atoms. The Hall–Kier alpha value is -4.22. The average molecular weight is 427 g/mol. The van der Waals surface area contributed by atoms with Crippen molar-refractivity contribution in [2.45, 2.75) is 0 Å². The van der Waals surface area contributed by atoms with Crippen LogP contribution in [0.4, 0.5) is 0 Å².